The van der Waals surface area contributed by atoms with Gasteiger partial charge in [0.1, 0.15) is 4.88 Å². The highest BCUT2D eigenvalue weighted by Gasteiger charge is 2.25. The summed E-state index contributed by atoms with van der Waals surface area (Å²) in [5, 5.41) is 8.77. The summed E-state index contributed by atoms with van der Waals surface area (Å²) in [5.74, 6) is -0.469. The largest absolute Gasteiger partial charge is 0.477 e. The van der Waals surface area contributed by atoms with Crippen molar-refractivity contribution in [2.24, 2.45) is 5.92 Å². The smallest absolute Gasteiger partial charge is 0.345 e. The Morgan fingerprint density at radius 1 is 1.44 bits per heavy atom. The lowest BCUT2D eigenvalue weighted by molar-refractivity contribution is 0.0701. The van der Waals surface area contributed by atoms with E-state index >= 15 is 0 Å². The Hall–Kier alpha value is -1.36. The predicted octanol–water partition coefficient (Wildman–Crippen LogP) is 1.93. The Labute approximate surface area is 97.5 Å². The summed E-state index contributed by atoms with van der Waals surface area (Å²) >= 11 is 1.05. The van der Waals surface area contributed by atoms with E-state index in [0.717, 1.165) is 30.8 Å². The van der Waals surface area contributed by atoms with Crippen LogP contribution in [0.25, 0.3) is 0 Å². The van der Waals surface area contributed by atoms with Crippen LogP contribution in [-0.4, -0.2) is 35.0 Å². The maximum Gasteiger partial charge on any atom is 0.345 e. The van der Waals surface area contributed by atoms with Crippen LogP contribution >= 0.6 is 11.3 Å². The predicted molar refractivity (Wildman–Crippen MR) is 61.0 cm³/mol. The highest BCUT2D eigenvalue weighted by Crippen LogP contribution is 2.22. The van der Waals surface area contributed by atoms with E-state index in [1.54, 1.807) is 11.0 Å². The third-order valence-corrected chi connectivity index (χ3v) is 3.80. The average Bonchev–Trinajstić information content (AvgIpc) is 2.84. The fourth-order valence-electron chi connectivity index (χ4n) is 1.84. The normalized spacial score (nSPS) is 20.1. The van der Waals surface area contributed by atoms with E-state index in [1.807, 2.05) is 0 Å². The number of carbonyl (C=O) groups is 2. The monoisotopic (exact) mass is 239 g/mol. The van der Waals surface area contributed by atoms with Crippen molar-refractivity contribution in [2.75, 3.05) is 13.1 Å². The molecule has 1 saturated heterocycles. The van der Waals surface area contributed by atoms with Crippen molar-refractivity contribution < 1.29 is 14.7 Å². The summed E-state index contributed by atoms with van der Waals surface area (Å²) in [7, 11) is 0. The van der Waals surface area contributed by atoms with Gasteiger partial charge in [0.05, 0.1) is 4.88 Å². The molecule has 1 atom stereocenters. The maximum absolute atomic E-state index is 12.0. The molecule has 4 nitrogen and oxygen atoms in total. The van der Waals surface area contributed by atoms with Crippen LogP contribution in [0.2, 0.25) is 0 Å². The summed E-state index contributed by atoms with van der Waals surface area (Å²) in [5.41, 5.74) is 0. The summed E-state index contributed by atoms with van der Waals surface area (Å²) < 4.78 is 0. The van der Waals surface area contributed by atoms with Gasteiger partial charge in [0.15, 0.2) is 0 Å². The molecule has 1 amide bonds. The number of thiophene rings is 1. The molecule has 0 radical (unpaired) electrons. The molecule has 0 saturated carbocycles. The first-order valence-electron chi connectivity index (χ1n) is 5.20. The van der Waals surface area contributed by atoms with Crippen molar-refractivity contribution in [2.45, 2.75) is 13.3 Å². The van der Waals surface area contributed by atoms with Gasteiger partial charge in [-0.15, -0.1) is 11.3 Å². The zero-order valence-electron chi connectivity index (χ0n) is 8.97. The van der Waals surface area contributed by atoms with Gasteiger partial charge in [0.25, 0.3) is 5.91 Å². The minimum absolute atomic E-state index is 0.0400. The number of carboxylic acid groups (broad SMARTS) is 1. The van der Waals surface area contributed by atoms with Crippen LogP contribution in [0.3, 0.4) is 0 Å². The summed E-state index contributed by atoms with van der Waals surface area (Å²) in [6.07, 6.45) is 1.03. The molecule has 5 heteroatoms. The van der Waals surface area contributed by atoms with Crippen molar-refractivity contribution >= 4 is 23.2 Å². The van der Waals surface area contributed by atoms with E-state index in [0.29, 0.717) is 10.8 Å². The number of carbonyl (C=O) groups excluding carboxylic acids is 1. The zero-order valence-corrected chi connectivity index (χ0v) is 9.79. The SMILES string of the molecule is CC1CCN(C(=O)c2ccc(C(=O)O)s2)C1. The number of rotatable bonds is 2. The lowest BCUT2D eigenvalue weighted by Crippen LogP contribution is -2.27. The molecule has 2 heterocycles. The summed E-state index contributed by atoms with van der Waals surface area (Å²) in [6.45, 7) is 3.67. The molecular formula is C11H13NO3S. The van der Waals surface area contributed by atoms with Crippen molar-refractivity contribution in [3.05, 3.63) is 21.9 Å². The third kappa shape index (κ3) is 2.09. The Balaban J connectivity index is 2.11. The van der Waals surface area contributed by atoms with Crippen LogP contribution < -0.4 is 0 Å². The Bertz CT molecular complexity index is 427. The molecule has 0 aromatic carbocycles. The van der Waals surface area contributed by atoms with Gasteiger partial charge in [-0.3, -0.25) is 4.79 Å². The van der Waals surface area contributed by atoms with Crippen LogP contribution in [0.15, 0.2) is 12.1 Å². The van der Waals surface area contributed by atoms with E-state index in [2.05, 4.69) is 6.92 Å². The van der Waals surface area contributed by atoms with Crippen LogP contribution in [0, 0.1) is 5.92 Å². The molecule has 1 N–H and O–H groups in total. The summed E-state index contributed by atoms with van der Waals surface area (Å²) in [4.78, 5) is 25.2. The van der Waals surface area contributed by atoms with Crippen LogP contribution in [-0.2, 0) is 0 Å². The van der Waals surface area contributed by atoms with E-state index in [1.165, 1.54) is 6.07 Å². The molecule has 2 rings (SSSR count). The van der Waals surface area contributed by atoms with E-state index < -0.39 is 5.97 Å². The van der Waals surface area contributed by atoms with Gasteiger partial charge >= 0.3 is 5.97 Å². The van der Waals surface area contributed by atoms with E-state index in [-0.39, 0.29) is 10.8 Å². The molecule has 1 aliphatic heterocycles. The second-order valence-corrected chi connectivity index (χ2v) is 5.20. The van der Waals surface area contributed by atoms with Gasteiger partial charge in [-0.2, -0.15) is 0 Å². The Morgan fingerprint density at radius 3 is 2.62 bits per heavy atom. The standard InChI is InChI=1S/C11H13NO3S/c1-7-4-5-12(6-7)10(13)8-2-3-9(16-8)11(14)15/h2-3,7H,4-6H2,1H3,(H,14,15). The second kappa shape index (κ2) is 4.25. The number of carboxylic acids is 1. The minimum atomic E-state index is -0.973. The first-order chi connectivity index (χ1) is 7.58. The molecule has 86 valence electrons. The number of aromatic carboxylic acids is 1. The highest BCUT2D eigenvalue weighted by atomic mass is 32.1. The molecule has 1 aliphatic rings. The van der Waals surface area contributed by atoms with Crippen molar-refractivity contribution in [1.82, 2.24) is 4.90 Å². The number of likely N-dealkylation sites (tertiary alicyclic amines) is 1. The van der Waals surface area contributed by atoms with Gasteiger partial charge in [-0.05, 0) is 24.5 Å². The van der Waals surface area contributed by atoms with Crippen LogP contribution in [0.5, 0.6) is 0 Å². The molecule has 1 aromatic rings. The quantitative estimate of drug-likeness (QED) is 0.857. The fraction of sp³-hybridized carbons (Fsp3) is 0.455. The number of amides is 1. The molecule has 1 unspecified atom stereocenters. The second-order valence-electron chi connectivity index (χ2n) is 4.11. The van der Waals surface area contributed by atoms with E-state index in [9.17, 15) is 9.59 Å². The van der Waals surface area contributed by atoms with Crippen LogP contribution in [0.1, 0.15) is 32.7 Å². The molecular weight excluding hydrogens is 226 g/mol. The fourth-order valence-corrected chi connectivity index (χ4v) is 2.66. The molecule has 16 heavy (non-hydrogen) atoms. The van der Waals surface area contributed by atoms with Crippen molar-refractivity contribution in [3.63, 3.8) is 0 Å². The zero-order chi connectivity index (χ0) is 11.7. The number of hydrogen-bond acceptors (Lipinski definition) is 3. The third-order valence-electron chi connectivity index (χ3n) is 2.74. The van der Waals surface area contributed by atoms with E-state index in [4.69, 9.17) is 5.11 Å². The number of hydrogen-bond donors (Lipinski definition) is 1. The Morgan fingerprint density at radius 2 is 2.12 bits per heavy atom. The van der Waals surface area contributed by atoms with Crippen LogP contribution in [0.4, 0.5) is 0 Å². The molecule has 1 aromatic heterocycles. The topological polar surface area (TPSA) is 57.6 Å². The van der Waals surface area contributed by atoms with Gasteiger partial charge in [0.2, 0.25) is 0 Å². The highest BCUT2D eigenvalue weighted by molar-refractivity contribution is 7.15. The first kappa shape index (κ1) is 11.1. The maximum atomic E-state index is 12.0. The number of nitrogens with zero attached hydrogens (tertiary/aromatic N) is 1. The molecule has 0 bridgehead atoms. The lowest BCUT2D eigenvalue weighted by atomic mass is 10.2. The molecule has 1 fully saturated rings. The van der Waals surface area contributed by atoms with Gasteiger partial charge in [0, 0.05) is 13.1 Å². The molecule has 0 aliphatic carbocycles. The molecule has 0 spiro atoms. The van der Waals surface area contributed by atoms with Gasteiger partial charge < -0.3 is 10.0 Å². The van der Waals surface area contributed by atoms with Crippen molar-refractivity contribution in [1.29, 1.82) is 0 Å². The van der Waals surface area contributed by atoms with Gasteiger partial charge in [-0.1, -0.05) is 6.92 Å². The average molecular weight is 239 g/mol. The van der Waals surface area contributed by atoms with Crippen molar-refractivity contribution in [3.8, 4) is 0 Å². The lowest BCUT2D eigenvalue weighted by Gasteiger charge is -2.14. The first-order valence-corrected chi connectivity index (χ1v) is 6.02. The van der Waals surface area contributed by atoms with Gasteiger partial charge in [-0.25, -0.2) is 4.79 Å². The summed E-state index contributed by atoms with van der Waals surface area (Å²) in [6, 6.07) is 3.08. The minimum Gasteiger partial charge on any atom is -0.477 e. The Kier molecular flexibility index (Phi) is 2.96.